The second kappa shape index (κ2) is 5.96. The molecule has 128 valence electrons. The molecular weight excluding hydrogens is 334 g/mol. The number of rotatable bonds is 4. The van der Waals surface area contributed by atoms with Gasteiger partial charge >= 0.3 is 0 Å². The van der Waals surface area contributed by atoms with Crippen molar-refractivity contribution in [3.05, 3.63) is 76.0 Å². The molecule has 7 heteroatoms. The Kier molecular flexibility index (Phi) is 3.62. The first kappa shape index (κ1) is 15.8. The average molecular weight is 347 g/mol. The third-order valence-corrected chi connectivity index (χ3v) is 4.25. The molecule has 0 saturated carbocycles. The van der Waals surface area contributed by atoms with E-state index in [9.17, 15) is 14.9 Å². The summed E-state index contributed by atoms with van der Waals surface area (Å²) in [6.07, 6.45) is 2.30. The van der Waals surface area contributed by atoms with E-state index in [0.29, 0.717) is 22.7 Å². The zero-order chi connectivity index (χ0) is 18.3. The highest BCUT2D eigenvalue weighted by Crippen LogP contribution is 2.33. The van der Waals surface area contributed by atoms with E-state index in [-0.39, 0.29) is 5.69 Å². The number of aromatic nitrogens is 2. The number of para-hydroxylation sites is 1. The molecule has 0 radical (unpaired) electrons. The minimum atomic E-state index is -0.465. The van der Waals surface area contributed by atoms with Crippen molar-refractivity contribution < 1.29 is 14.1 Å². The lowest BCUT2D eigenvalue weighted by Gasteiger charge is -2.00. The topological polar surface area (TPSA) is 91.2 Å². The fraction of sp³-hybridized carbons (Fsp3) is 0.0526. The number of aryl methyl sites for hydroxylation is 1. The van der Waals surface area contributed by atoms with Gasteiger partial charge < -0.3 is 4.42 Å². The molecule has 0 fully saturated rings. The van der Waals surface area contributed by atoms with Crippen LogP contribution in [0.25, 0.3) is 28.1 Å². The van der Waals surface area contributed by atoms with Gasteiger partial charge in [0.2, 0.25) is 0 Å². The molecular formula is C19H13N3O4. The summed E-state index contributed by atoms with van der Waals surface area (Å²) in [6, 6.07) is 13.6. The number of nitro groups is 1. The number of furan rings is 1. The molecule has 2 aromatic heterocycles. The molecule has 0 spiro atoms. The predicted molar refractivity (Wildman–Crippen MR) is 95.6 cm³/mol. The van der Waals surface area contributed by atoms with Gasteiger partial charge in [-0.1, -0.05) is 18.2 Å². The third kappa shape index (κ3) is 2.46. The van der Waals surface area contributed by atoms with Gasteiger partial charge in [-0.15, -0.1) is 0 Å². The van der Waals surface area contributed by atoms with Crippen molar-refractivity contribution in [3.63, 3.8) is 0 Å². The number of benzene rings is 2. The Balaban J connectivity index is 1.83. The summed E-state index contributed by atoms with van der Waals surface area (Å²) in [5, 5.41) is 16.2. The Labute approximate surface area is 147 Å². The largest absolute Gasteiger partial charge is 0.454 e. The quantitative estimate of drug-likeness (QED) is 0.311. The number of non-ortho nitro benzene ring substituents is 1. The second-order valence-electron chi connectivity index (χ2n) is 5.82. The first-order valence-electron chi connectivity index (χ1n) is 7.86. The minimum absolute atomic E-state index is 0.00938. The molecule has 0 saturated heterocycles. The summed E-state index contributed by atoms with van der Waals surface area (Å²) in [6.45, 7) is 1.92. The van der Waals surface area contributed by atoms with Crippen LogP contribution in [-0.2, 0) is 0 Å². The van der Waals surface area contributed by atoms with Crippen LogP contribution in [0.1, 0.15) is 15.9 Å². The van der Waals surface area contributed by atoms with Crippen molar-refractivity contribution in [2.75, 3.05) is 0 Å². The molecule has 26 heavy (non-hydrogen) atoms. The molecule has 0 N–H and O–H groups in total. The molecule has 0 atom stereocenters. The fourth-order valence-corrected chi connectivity index (χ4v) is 2.91. The molecule has 0 aliphatic heterocycles. The summed E-state index contributed by atoms with van der Waals surface area (Å²) in [5.41, 5.74) is 3.04. The summed E-state index contributed by atoms with van der Waals surface area (Å²) < 4.78 is 7.41. The fourth-order valence-electron chi connectivity index (χ4n) is 2.91. The number of fused-ring (bicyclic) bond motifs is 1. The number of carbonyl (C=O) groups is 1. The zero-order valence-electron chi connectivity index (χ0n) is 13.7. The maximum absolute atomic E-state index is 11.5. The standard InChI is InChI=1S/C19H13N3O4/c1-12-16-4-2-3-5-17(16)26-19(12)18-13(11-23)10-21(20-18)14-6-8-15(9-7-14)22(24)25/h2-11H,1H3. The lowest BCUT2D eigenvalue weighted by Crippen LogP contribution is -1.95. The minimum Gasteiger partial charge on any atom is -0.454 e. The Hall–Kier alpha value is -3.74. The van der Waals surface area contributed by atoms with Gasteiger partial charge in [0.05, 0.1) is 16.2 Å². The molecule has 2 heterocycles. The lowest BCUT2D eigenvalue weighted by molar-refractivity contribution is -0.384. The smallest absolute Gasteiger partial charge is 0.269 e. The van der Waals surface area contributed by atoms with Crippen molar-refractivity contribution in [3.8, 4) is 17.1 Å². The van der Waals surface area contributed by atoms with Crippen LogP contribution in [0.2, 0.25) is 0 Å². The van der Waals surface area contributed by atoms with Crippen LogP contribution < -0.4 is 0 Å². The second-order valence-corrected chi connectivity index (χ2v) is 5.82. The van der Waals surface area contributed by atoms with Crippen molar-refractivity contribution in [2.24, 2.45) is 0 Å². The SMILES string of the molecule is Cc1c(-c2nn(-c3ccc([N+](=O)[O-])cc3)cc2C=O)oc2ccccc12. The number of hydrogen-bond acceptors (Lipinski definition) is 5. The lowest BCUT2D eigenvalue weighted by atomic mass is 10.1. The molecule has 2 aromatic carbocycles. The van der Waals surface area contributed by atoms with Gasteiger partial charge in [-0.3, -0.25) is 14.9 Å². The third-order valence-electron chi connectivity index (χ3n) is 4.25. The normalized spacial score (nSPS) is 11.0. The van der Waals surface area contributed by atoms with Crippen LogP contribution in [0.3, 0.4) is 0 Å². The van der Waals surface area contributed by atoms with E-state index in [1.807, 2.05) is 31.2 Å². The Morgan fingerprint density at radius 3 is 2.54 bits per heavy atom. The van der Waals surface area contributed by atoms with Gasteiger partial charge in [0, 0.05) is 29.3 Å². The van der Waals surface area contributed by atoms with Crippen molar-refractivity contribution in [1.29, 1.82) is 0 Å². The van der Waals surface area contributed by atoms with Gasteiger partial charge in [0.1, 0.15) is 11.3 Å². The van der Waals surface area contributed by atoms with Crippen LogP contribution in [-0.4, -0.2) is 21.0 Å². The molecule has 0 amide bonds. The summed E-state index contributed by atoms with van der Waals surface area (Å²) >= 11 is 0. The highest BCUT2D eigenvalue weighted by atomic mass is 16.6. The van der Waals surface area contributed by atoms with Crippen LogP contribution in [0.5, 0.6) is 0 Å². The predicted octanol–water partition coefficient (Wildman–Crippen LogP) is 4.31. The van der Waals surface area contributed by atoms with E-state index < -0.39 is 4.92 Å². The van der Waals surface area contributed by atoms with Gasteiger partial charge in [-0.2, -0.15) is 5.10 Å². The summed E-state index contributed by atoms with van der Waals surface area (Å²) in [4.78, 5) is 21.9. The highest BCUT2D eigenvalue weighted by Gasteiger charge is 2.19. The molecule has 0 unspecified atom stereocenters. The molecule has 4 rings (SSSR count). The van der Waals surface area contributed by atoms with E-state index in [4.69, 9.17) is 4.42 Å². The van der Waals surface area contributed by atoms with Crippen LogP contribution in [0.4, 0.5) is 5.69 Å². The van der Waals surface area contributed by atoms with Crippen LogP contribution >= 0.6 is 0 Å². The first-order valence-corrected chi connectivity index (χ1v) is 7.86. The number of nitro benzene ring substituents is 1. The number of hydrogen-bond donors (Lipinski definition) is 0. The van der Waals surface area contributed by atoms with Crippen molar-refractivity contribution in [2.45, 2.75) is 6.92 Å². The van der Waals surface area contributed by atoms with Crippen LogP contribution in [0, 0.1) is 17.0 Å². The maximum Gasteiger partial charge on any atom is 0.269 e. The number of aldehydes is 1. The molecule has 0 aliphatic rings. The number of carbonyl (C=O) groups excluding carboxylic acids is 1. The van der Waals surface area contributed by atoms with E-state index in [2.05, 4.69) is 5.10 Å². The summed E-state index contributed by atoms with van der Waals surface area (Å²) in [7, 11) is 0. The Morgan fingerprint density at radius 1 is 1.15 bits per heavy atom. The molecule has 0 bridgehead atoms. The van der Waals surface area contributed by atoms with Crippen LogP contribution in [0.15, 0.2) is 59.1 Å². The van der Waals surface area contributed by atoms with Gasteiger partial charge in [0.25, 0.3) is 5.69 Å². The average Bonchev–Trinajstić information content (AvgIpc) is 3.23. The molecule has 0 aliphatic carbocycles. The Morgan fingerprint density at radius 2 is 1.88 bits per heavy atom. The van der Waals surface area contributed by atoms with Crippen molar-refractivity contribution in [1.82, 2.24) is 9.78 Å². The Bertz CT molecular complexity index is 1140. The van der Waals surface area contributed by atoms with E-state index in [1.54, 1.807) is 18.3 Å². The van der Waals surface area contributed by atoms with E-state index in [1.165, 1.54) is 16.8 Å². The van der Waals surface area contributed by atoms with Gasteiger partial charge in [-0.25, -0.2) is 4.68 Å². The van der Waals surface area contributed by atoms with Crippen molar-refractivity contribution >= 4 is 22.9 Å². The van der Waals surface area contributed by atoms with E-state index >= 15 is 0 Å². The molecule has 4 aromatic rings. The maximum atomic E-state index is 11.5. The monoisotopic (exact) mass is 347 g/mol. The molecule has 7 nitrogen and oxygen atoms in total. The highest BCUT2D eigenvalue weighted by molar-refractivity contribution is 5.91. The number of nitrogens with zero attached hydrogens (tertiary/aromatic N) is 3. The van der Waals surface area contributed by atoms with Gasteiger partial charge in [-0.05, 0) is 25.1 Å². The van der Waals surface area contributed by atoms with E-state index in [0.717, 1.165) is 22.8 Å². The van der Waals surface area contributed by atoms with Gasteiger partial charge in [0.15, 0.2) is 12.0 Å². The summed E-state index contributed by atoms with van der Waals surface area (Å²) in [5.74, 6) is 0.536. The zero-order valence-corrected chi connectivity index (χ0v) is 13.7. The first-order chi connectivity index (χ1) is 12.6.